The van der Waals surface area contributed by atoms with E-state index in [-0.39, 0.29) is 12.5 Å². The molecular weight excluding hydrogens is 246 g/mol. The van der Waals surface area contributed by atoms with Crippen LogP contribution in [0.15, 0.2) is 22.9 Å². The van der Waals surface area contributed by atoms with Crippen molar-refractivity contribution in [2.24, 2.45) is 0 Å². The Morgan fingerprint density at radius 2 is 2.26 bits per heavy atom. The molecule has 0 atom stereocenters. The summed E-state index contributed by atoms with van der Waals surface area (Å²) in [5, 5.41) is 9.41. The van der Waals surface area contributed by atoms with Crippen LogP contribution in [0.25, 0.3) is 0 Å². The van der Waals surface area contributed by atoms with E-state index in [1.54, 1.807) is 19.2 Å². The van der Waals surface area contributed by atoms with Crippen LogP contribution in [0.3, 0.4) is 0 Å². The Hall–Kier alpha value is -2.44. The average Bonchev–Trinajstić information content (AvgIpc) is 2.83. The maximum absolute atomic E-state index is 11.8. The number of amides is 1. The zero-order valence-corrected chi connectivity index (χ0v) is 10.8. The Bertz CT molecular complexity index is 550. The minimum absolute atomic E-state index is 0.191. The quantitative estimate of drug-likeness (QED) is 0.838. The van der Waals surface area contributed by atoms with Gasteiger partial charge in [-0.2, -0.15) is 4.98 Å². The van der Waals surface area contributed by atoms with Crippen molar-refractivity contribution in [2.75, 3.05) is 11.9 Å². The van der Waals surface area contributed by atoms with Crippen LogP contribution in [0.2, 0.25) is 0 Å². The topological polar surface area (TPSA) is 92.9 Å². The summed E-state index contributed by atoms with van der Waals surface area (Å²) >= 11 is 0. The summed E-state index contributed by atoms with van der Waals surface area (Å²) in [6.07, 6.45) is 1.62. The van der Waals surface area contributed by atoms with E-state index in [0.717, 1.165) is 12.2 Å². The lowest BCUT2D eigenvalue weighted by Gasteiger charge is -2.04. The zero-order chi connectivity index (χ0) is 13.7. The van der Waals surface area contributed by atoms with Crippen molar-refractivity contribution in [1.29, 1.82) is 0 Å². The molecule has 0 spiro atoms. The average molecular weight is 261 g/mol. The number of hydrogen-bond acceptors (Lipinski definition) is 6. The van der Waals surface area contributed by atoms with Gasteiger partial charge in [-0.05, 0) is 26.0 Å². The molecule has 2 aromatic rings. The highest BCUT2D eigenvalue weighted by Gasteiger charge is 2.09. The lowest BCUT2D eigenvalue weighted by molar-refractivity contribution is 0.0941. The lowest BCUT2D eigenvalue weighted by atomic mass is 10.3. The Balaban J connectivity index is 1.92. The molecule has 0 fully saturated rings. The van der Waals surface area contributed by atoms with Gasteiger partial charge in [0, 0.05) is 6.54 Å². The fourth-order valence-corrected chi connectivity index (χ4v) is 1.50. The third-order valence-corrected chi connectivity index (χ3v) is 2.35. The minimum atomic E-state index is -0.279. The van der Waals surface area contributed by atoms with E-state index in [1.807, 2.05) is 13.0 Å². The standard InChI is InChI=1S/C12H15N5O2/c1-3-13-9-4-5-10(14-6-9)12(18)15-7-11-16-8(2)17-19-11/h4-6,13H,3,7H2,1-2H3,(H,15,18). The second-order valence-electron chi connectivity index (χ2n) is 3.88. The van der Waals surface area contributed by atoms with E-state index in [0.29, 0.717) is 17.4 Å². The SMILES string of the molecule is CCNc1ccc(C(=O)NCc2nc(C)no2)nc1. The van der Waals surface area contributed by atoms with Crippen LogP contribution in [-0.4, -0.2) is 27.6 Å². The van der Waals surface area contributed by atoms with Gasteiger partial charge in [0.05, 0.1) is 18.4 Å². The molecule has 2 aromatic heterocycles. The fourth-order valence-electron chi connectivity index (χ4n) is 1.50. The van der Waals surface area contributed by atoms with Gasteiger partial charge in [0.2, 0.25) is 5.89 Å². The molecule has 0 aromatic carbocycles. The van der Waals surface area contributed by atoms with Crippen LogP contribution in [0.4, 0.5) is 5.69 Å². The van der Waals surface area contributed by atoms with Crippen LogP contribution >= 0.6 is 0 Å². The van der Waals surface area contributed by atoms with Crippen LogP contribution in [0.1, 0.15) is 29.1 Å². The van der Waals surface area contributed by atoms with E-state index in [2.05, 4.69) is 25.8 Å². The van der Waals surface area contributed by atoms with Crippen molar-refractivity contribution in [1.82, 2.24) is 20.4 Å². The van der Waals surface area contributed by atoms with Gasteiger partial charge >= 0.3 is 0 Å². The summed E-state index contributed by atoms with van der Waals surface area (Å²) in [5.74, 6) is 0.631. The molecule has 2 N–H and O–H groups in total. The maximum Gasteiger partial charge on any atom is 0.270 e. The number of aromatic nitrogens is 3. The first kappa shape index (κ1) is 13.0. The highest BCUT2D eigenvalue weighted by atomic mass is 16.5. The molecule has 0 aliphatic heterocycles. The van der Waals surface area contributed by atoms with Gasteiger partial charge in [0.1, 0.15) is 5.69 Å². The minimum Gasteiger partial charge on any atom is -0.384 e. The molecule has 2 heterocycles. The first-order valence-corrected chi connectivity index (χ1v) is 5.96. The monoisotopic (exact) mass is 261 g/mol. The Morgan fingerprint density at radius 3 is 2.84 bits per heavy atom. The number of rotatable bonds is 5. The molecule has 1 amide bonds. The predicted molar refractivity (Wildman–Crippen MR) is 68.6 cm³/mol. The Kier molecular flexibility index (Phi) is 4.07. The lowest BCUT2D eigenvalue weighted by Crippen LogP contribution is -2.23. The molecule has 0 radical (unpaired) electrons. The molecule has 0 bridgehead atoms. The molecule has 7 heteroatoms. The van der Waals surface area contributed by atoms with E-state index in [4.69, 9.17) is 4.52 Å². The molecule has 100 valence electrons. The largest absolute Gasteiger partial charge is 0.384 e. The number of carbonyl (C=O) groups is 1. The van der Waals surface area contributed by atoms with E-state index >= 15 is 0 Å². The van der Waals surface area contributed by atoms with Crippen LogP contribution < -0.4 is 10.6 Å². The van der Waals surface area contributed by atoms with Gasteiger partial charge in [-0.3, -0.25) is 4.79 Å². The smallest absolute Gasteiger partial charge is 0.270 e. The summed E-state index contributed by atoms with van der Waals surface area (Å²) in [6.45, 7) is 4.71. The summed E-state index contributed by atoms with van der Waals surface area (Å²) in [6, 6.07) is 3.47. The van der Waals surface area contributed by atoms with Crippen molar-refractivity contribution in [2.45, 2.75) is 20.4 Å². The van der Waals surface area contributed by atoms with Crippen molar-refractivity contribution in [3.05, 3.63) is 35.7 Å². The Labute approximate surface area is 110 Å². The van der Waals surface area contributed by atoms with Gasteiger partial charge in [-0.1, -0.05) is 5.16 Å². The number of pyridine rings is 1. The number of hydrogen-bond donors (Lipinski definition) is 2. The second kappa shape index (κ2) is 5.94. The van der Waals surface area contributed by atoms with E-state index < -0.39 is 0 Å². The molecule has 0 aliphatic carbocycles. The molecule has 0 unspecified atom stereocenters. The highest BCUT2D eigenvalue weighted by Crippen LogP contribution is 2.05. The molecule has 7 nitrogen and oxygen atoms in total. The number of aryl methyl sites for hydroxylation is 1. The van der Waals surface area contributed by atoms with Gasteiger partial charge in [0.25, 0.3) is 5.91 Å². The predicted octanol–water partition coefficient (Wildman–Crippen LogP) is 1.13. The molecule has 19 heavy (non-hydrogen) atoms. The van der Waals surface area contributed by atoms with Crippen molar-refractivity contribution in [3.63, 3.8) is 0 Å². The third kappa shape index (κ3) is 3.51. The van der Waals surface area contributed by atoms with E-state index in [1.165, 1.54) is 0 Å². The first-order valence-electron chi connectivity index (χ1n) is 5.96. The summed E-state index contributed by atoms with van der Waals surface area (Å²) in [5.41, 5.74) is 1.23. The van der Waals surface area contributed by atoms with E-state index in [9.17, 15) is 4.79 Å². The van der Waals surface area contributed by atoms with Gasteiger partial charge in [0.15, 0.2) is 5.82 Å². The van der Waals surface area contributed by atoms with Gasteiger partial charge in [-0.15, -0.1) is 0 Å². The van der Waals surface area contributed by atoms with Gasteiger partial charge in [-0.25, -0.2) is 4.98 Å². The number of carbonyl (C=O) groups excluding carboxylic acids is 1. The zero-order valence-electron chi connectivity index (χ0n) is 10.8. The number of anilines is 1. The summed E-state index contributed by atoms with van der Waals surface area (Å²) < 4.78 is 4.90. The number of nitrogens with zero attached hydrogens (tertiary/aromatic N) is 3. The molecule has 0 saturated heterocycles. The Morgan fingerprint density at radius 1 is 1.42 bits per heavy atom. The summed E-state index contributed by atoms with van der Waals surface area (Å²) in [7, 11) is 0. The fraction of sp³-hybridized carbons (Fsp3) is 0.333. The van der Waals surface area contributed by atoms with Crippen LogP contribution in [0, 0.1) is 6.92 Å². The van der Waals surface area contributed by atoms with Gasteiger partial charge < -0.3 is 15.2 Å². The van der Waals surface area contributed by atoms with Crippen molar-refractivity contribution >= 4 is 11.6 Å². The number of nitrogens with one attached hydrogen (secondary N) is 2. The normalized spacial score (nSPS) is 10.2. The highest BCUT2D eigenvalue weighted by molar-refractivity contribution is 5.92. The third-order valence-electron chi connectivity index (χ3n) is 2.35. The van der Waals surface area contributed by atoms with Crippen LogP contribution in [-0.2, 0) is 6.54 Å². The van der Waals surface area contributed by atoms with Crippen molar-refractivity contribution in [3.8, 4) is 0 Å². The van der Waals surface area contributed by atoms with Crippen LogP contribution in [0.5, 0.6) is 0 Å². The maximum atomic E-state index is 11.8. The molecule has 2 rings (SSSR count). The molecular formula is C12H15N5O2. The first-order chi connectivity index (χ1) is 9.19. The molecule has 0 aliphatic rings. The van der Waals surface area contributed by atoms with Crippen molar-refractivity contribution < 1.29 is 9.32 Å². The second-order valence-corrected chi connectivity index (χ2v) is 3.88. The molecule has 0 saturated carbocycles. The summed E-state index contributed by atoms with van der Waals surface area (Å²) in [4.78, 5) is 19.9.